The first-order valence-corrected chi connectivity index (χ1v) is 7.73. The minimum atomic E-state index is -0.725. The fourth-order valence-corrected chi connectivity index (χ4v) is 2.72. The summed E-state index contributed by atoms with van der Waals surface area (Å²) in [6, 6.07) is 7.91. The molecule has 0 amide bonds. The highest BCUT2D eigenvalue weighted by atomic mass is 35.5. The molecule has 1 fully saturated rings. The van der Waals surface area contributed by atoms with Crippen LogP contribution in [0.1, 0.15) is 20.3 Å². The normalized spacial score (nSPS) is 17.0. The van der Waals surface area contributed by atoms with Gasteiger partial charge in [-0.25, -0.2) is 0 Å². The van der Waals surface area contributed by atoms with E-state index in [1.807, 2.05) is 24.3 Å². The van der Waals surface area contributed by atoms with E-state index in [0.717, 1.165) is 43.4 Å². The summed E-state index contributed by atoms with van der Waals surface area (Å²) >= 11 is 6.23. The van der Waals surface area contributed by atoms with E-state index in [1.54, 1.807) is 13.8 Å². The zero-order valence-corrected chi connectivity index (χ0v) is 13.4. The first kappa shape index (κ1) is 16.1. The molecule has 5 heteroatoms. The zero-order valence-electron chi connectivity index (χ0n) is 12.7. The molecule has 1 aromatic rings. The Morgan fingerprint density at radius 1 is 1.24 bits per heavy atom. The molecule has 0 bridgehead atoms. The van der Waals surface area contributed by atoms with E-state index in [0.29, 0.717) is 6.42 Å². The van der Waals surface area contributed by atoms with Gasteiger partial charge in [-0.3, -0.25) is 9.69 Å². The summed E-state index contributed by atoms with van der Waals surface area (Å²) in [5, 5.41) is 9.94. The SMILES string of the molecule is CC(C)(CCN1CCN(c2ccccc2Cl)CC1)C(=O)O. The van der Waals surface area contributed by atoms with Crippen LogP contribution in [0.25, 0.3) is 0 Å². The van der Waals surface area contributed by atoms with Gasteiger partial charge >= 0.3 is 5.97 Å². The second-order valence-electron chi connectivity index (χ2n) is 6.22. The minimum absolute atomic E-state index is 0.653. The van der Waals surface area contributed by atoms with Crippen LogP contribution in [0, 0.1) is 5.41 Å². The molecule has 4 nitrogen and oxygen atoms in total. The summed E-state index contributed by atoms with van der Waals surface area (Å²) in [4.78, 5) is 15.8. The van der Waals surface area contributed by atoms with Crippen LogP contribution in [0.4, 0.5) is 5.69 Å². The quantitative estimate of drug-likeness (QED) is 0.908. The number of hydrogen-bond donors (Lipinski definition) is 1. The maximum Gasteiger partial charge on any atom is 0.309 e. The van der Waals surface area contributed by atoms with Crippen molar-refractivity contribution < 1.29 is 9.90 Å². The monoisotopic (exact) mass is 310 g/mol. The van der Waals surface area contributed by atoms with Gasteiger partial charge in [-0.2, -0.15) is 0 Å². The van der Waals surface area contributed by atoms with Gasteiger partial charge in [-0.1, -0.05) is 23.7 Å². The van der Waals surface area contributed by atoms with Gasteiger partial charge in [0.2, 0.25) is 0 Å². The van der Waals surface area contributed by atoms with E-state index in [1.165, 1.54) is 0 Å². The van der Waals surface area contributed by atoms with Gasteiger partial charge < -0.3 is 10.0 Å². The van der Waals surface area contributed by atoms with Crippen molar-refractivity contribution in [3.63, 3.8) is 0 Å². The van der Waals surface area contributed by atoms with Crippen LogP contribution >= 0.6 is 11.6 Å². The lowest BCUT2D eigenvalue weighted by Gasteiger charge is -2.37. The van der Waals surface area contributed by atoms with Crippen LogP contribution < -0.4 is 4.90 Å². The third-order valence-electron chi connectivity index (χ3n) is 4.20. The number of piperazine rings is 1. The summed E-state index contributed by atoms with van der Waals surface area (Å²) in [6.07, 6.45) is 0.675. The molecule has 2 rings (SSSR count). The van der Waals surface area contributed by atoms with Crippen molar-refractivity contribution in [1.82, 2.24) is 4.90 Å². The number of hydrogen-bond acceptors (Lipinski definition) is 3. The first-order valence-electron chi connectivity index (χ1n) is 7.35. The van der Waals surface area contributed by atoms with E-state index in [4.69, 9.17) is 16.7 Å². The van der Waals surface area contributed by atoms with E-state index < -0.39 is 11.4 Å². The Morgan fingerprint density at radius 3 is 2.43 bits per heavy atom. The third kappa shape index (κ3) is 4.11. The summed E-state index contributed by atoms with van der Waals surface area (Å²) in [5.41, 5.74) is 0.435. The van der Waals surface area contributed by atoms with Crippen LogP contribution in [0.15, 0.2) is 24.3 Å². The van der Waals surface area contributed by atoms with Crippen molar-refractivity contribution in [1.29, 1.82) is 0 Å². The van der Waals surface area contributed by atoms with Gasteiger partial charge in [0.25, 0.3) is 0 Å². The van der Waals surface area contributed by atoms with Gasteiger partial charge in [0, 0.05) is 26.2 Å². The molecule has 21 heavy (non-hydrogen) atoms. The molecule has 1 heterocycles. The van der Waals surface area contributed by atoms with Gasteiger partial charge in [-0.05, 0) is 38.9 Å². The third-order valence-corrected chi connectivity index (χ3v) is 4.52. The van der Waals surface area contributed by atoms with Gasteiger partial charge in [0.15, 0.2) is 0 Å². The molecule has 0 aliphatic carbocycles. The molecule has 0 aromatic heterocycles. The molecule has 0 unspecified atom stereocenters. The van der Waals surface area contributed by atoms with Crippen LogP contribution in [0.5, 0.6) is 0 Å². The van der Waals surface area contributed by atoms with Crippen molar-refractivity contribution in [2.45, 2.75) is 20.3 Å². The van der Waals surface area contributed by atoms with Crippen molar-refractivity contribution in [3.8, 4) is 0 Å². The molecule has 0 saturated carbocycles. The fraction of sp³-hybridized carbons (Fsp3) is 0.562. The van der Waals surface area contributed by atoms with Crippen molar-refractivity contribution in [3.05, 3.63) is 29.3 Å². The molecule has 1 aromatic carbocycles. The molecular formula is C16H23ClN2O2. The first-order chi connectivity index (χ1) is 9.90. The number of aliphatic carboxylic acids is 1. The highest BCUT2D eigenvalue weighted by molar-refractivity contribution is 6.33. The predicted molar refractivity (Wildman–Crippen MR) is 86.1 cm³/mol. The number of nitrogens with zero attached hydrogens (tertiary/aromatic N) is 2. The standard InChI is InChI=1S/C16H23ClN2O2/c1-16(2,15(20)21)7-8-18-9-11-19(12-10-18)14-6-4-3-5-13(14)17/h3-6H,7-12H2,1-2H3,(H,20,21). The molecule has 116 valence electrons. The lowest BCUT2D eigenvalue weighted by atomic mass is 9.89. The predicted octanol–water partition coefficient (Wildman–Crippen LogP) is 2.96. The molecule has 0 radical (unpaired) electrons. The number of carbonyl (C=O) groups is 1. The van der Waals surface area contributed by atoms with Gasteiger partial charge in [-0.15, -0.1) is 0 Å². The summed E-state index contributed by atoms with van der Waals surface area (Å²) in [5.74, 6) is -0.725. The number of carboxylic acids is 1. The number of benzene rings is 1. The van der Waals surface area contributed by atoms with Crippen LogP contribution in [-0.2, 0) is 4.79 Å². The van der Waals surface area contributed by atoms with E-state index in [-0.39, 0.29) is 0 Å². The largest absolute Gasteiger partial charge is 0.481 e. The van der Waals surface area contributed by atoms with Gasteiger partial charge in [0.05, 0.1) is 16.1 Å². The minimum Gasteiger partial charge on any atom is -0.481 e. The Balaban J connectivity index is 1.84. The van der Waals surface area contributed by atoms with Crippen LogP contribution in [0.2, 0.25) is 5.02 Å². The van der Waals surface area contributed by atoms with Crippen molar-refractivity contribution in [2.75, 3.05) is 37.6 Å². The summed E-state index contributed by atoms with van der Waals surface area (Å²) in [7, 11) is 0. The number of rotatable bonds is 5. The Morgan fingerprint density at radius 2 is 1.86 bits per heavy atom. The van der Waals surface area contributed by atoms with E-state index in [2.05, 4.69) is 9.80 Å². The second kappa shape index (κ2) is 6.67. The number of para-hydroxylation sites is 1. The maximum atomic E-state index is 11.1. The van der Waals surface area contributed by atoms with Crippen molar-refractivity contribution in [2.24, 2.45) is 5.41 Å². The highest BCUT2D eigenvalue weighted by Crippen LogP contribution is 2.26. The Hall–Kier alpha value is -1.26. The molecule has 0 atom stereocenters. The molecule has 1 aliphatic heterocycles. The van der Waals surface area contributed by atoms with E-state index >= 15 is 0 Å². The average Bonchev–Trinajstić information content (AvgIpc) is 2.46. The highest BCUT2D eigenvalue weighted by Gasteiger charge is 2.28. The molecule has 1 aliphatic rings. The van der Waals surface area contributed by atoms with Crippen LogP contribution in [-0.4, -0.2) is 48.7 Å². The molecular weight excluding hydrogens is 288 g/mol. The average molecular weight is 311 g/mol. The van der Waals surface area contributed by atoms with E-state index in [9.17, 15) is 4.79 Å². The summed E-state index contributed by atoms with van der Waals surface area (Å²) < 4.78 is 0. The molecule has 1 saturated heterocycles. The Bertz CT molecular complexity index is 497. The Kier molecular flexibility index (Phi) is 5.12. The topological polar surface area (TPSA) is 43.8 Å². The lowest BCUT2D eigenvalue weighted by molar-refractivity contribution is -0.147. The van der Waals surface area contributed by atoms with Crippen molar-refractivity contribution >= 4 is 23.3 Å². The number of halogens is 1. The van der Waals surface area contributed by atoms with Gasteiger partial charge in [0.1, 0.15) is 0 Å². The second-order valence-corrected chi connectivity index (χ2v) is 6.63. The summed E-state index contributed by atoms with van der Waals surface area (Å²) in [6.45, 7) is 8.15. The Labute approximate surface area is 131 Å². The lowest BCUT2D eigenvalue weighted by Crippen LogP contribution is -2.47. The maximum absolute atomic E-state index is 11.1. The zero-order chi connectivity index (χ0) is 15.5. The fourth-order valence-electron chi connectivity index (χ4n) is 2.47. The number of anilines is 1. The number of carboxylic acid groups (broad SMARTS) is 1. The smallest absolute Gasteiger partial charge is 0.309 e. The van der Waals surface area contributed by atoms with Crippen LogP contribution in [0.3, 0.4) is 0 Å². The molecule has 1 N–H and O–H groups in total. The molecule has 0 spiro atoms.